The van der Waals surface area contributed by atoms with Gasteiger partial charge < -0.3 is 5.32 Å². The first kappa shape index (κ1) is 13.5. The molecule has 0 radical (unpaired) electrons. The molecular weight excluding hydrogens is 294 g/mol. The van der Waals surface area contributed by atoms with Gasteiger partial charge in [-0.1, -0.05) is 11.6 Å². The minimum absolute atomic E-state index is 0.189. The number of hydrogen-bond acceptors (Lipinski definition) is 5. The lowest BCUT2D eigenvalue weighted by Gasteiger charge is -2.25. The molecule has 2 heterocycles. The van der Waals surface area contributed by atoms with Crippen molar-refractivity contribution >= 4 is 35.0 Å². The number of thiophene rings is 1. The van der Waals surface area contributed by atoms with Crippen LogP contribution in [0.15, 0.2) is 11.4 Å². The van der Waals surface area contributed by atoms with Gasteiger partial charge in [-0.15, -0.1) is 11.3 Å². The maximum Gasteiger partial charge on any atom is 0.156 e. The van der Waals surface area contributed by atoms with Crippen LogP contribution in [0.25, 0.3) is 0 Å². The molecule has 2 aromatic heterocycles. The summed E-state index contributed by atoms with van der Waals surface area (Å²) in [5.41, 5.74) is 1.64. The monoisotopic (exact) mass is 307 g/mol. The summed E-state index contributed by atoms with van der Waals surface area (Å²) >= 11 is 7.80. The van der Waals surface area contributed by atoms with Crippen LogP contribution in [0.1, 0.15) is 45.5 Å². The Kier molecular flexibility index (Phi) is 3.72. The predicted molar refractivity (Wildman–Crippen MR) is 80.8 cm³/mol. The van der Waals surface area contributed by atoms with Crippen molar-refractivity contribution in [3.8, 4) is 0 Å². The van der Waals surface area contributed by atoms with Gasteiger partial charge in [0.05, 0.1) is 11.6 Å². The van der Waals surface area contributed by atoms with Crippen LogP contribution in [0.5, 0.6) is 0 Å². The number of rotatable bonds is 3. The SMILES string of the molecule is Cc1nc(Cl)c(C=O)c(NC2CCCc3sccc32)n1. The Hall–Kier alpha value is -1.46. The molecule has 6 heteroatoms. The van der Waals surface area contributed by atoms with E-state index in [-0.39, 0.29) is 11.2 Å². The van der Waals surface area contributed by atoms with Crippen LogP contribution in [-0.4, -0.2) is 16.3 Å². The third-order valence-electron chi connectivity index (χ3n) is 3.49. The first-order valence-corrected chi connectivity index (χ1v) is 7.77. The summed E-state index contributed by atoms with van der Waals surface area (Å²) in [7, 11) is 0. The molecule has 104 valence electrons. The van der Waals surface area contributed by atoms with E-state index in [1.807, 2.05) is 0 Å². The molecule has 0 saturated carbocycles. The van der Waals surface area contributed by atoms with Crippen molar-refractivity contribution in [2.24, 2.45) is 0 Å². The lowest BCUT2D eigenvalue weighted by Crippen LogP contribution is -2.18. The fraction of sp³-hybridized carbons (Fsp3) is 0.357. The Bertz CT molecular complexity index is 656. The standard InChI is InChI=1S/C14H14ClN3OS/c1-8-16-13(15)10(7-19)14(17-8)18-11-3-2-4-12-9(11)5-6-20-12/h5-7,11H,2-4H2,1H3,(H,16,17,18). The molecule has 0 spiro atoms. The molecule has 0 saturated heterocycles. The molecular formula is C14H14ClN3OS. The smallest absolute Gasteiger partial charge is 0.156 e. The lowest BCUT2D eigenvalue weighted by molar-refractivity contribution is 0.112. The summed E-state index contributed by atoms with van der Waals surface area (Å²) in [6.45, 7) is 1.77. The molecule has 1 aliphatic carbocycles. The molecule has 0 aromatic carbocycles. The maximum atomic E-state index is 11.2. The fourth-order valence-electron chi connectivity index (χ4n) is 2.56. The molecule has 4 nitrogen and oxygen atoms in total. The first-order valence-electron chi connectivity index (χ1n) is 6.51. The van der Waals surface area contributed by atoms with Gasteiger partial charge in [0, 0.05) is 4.88 Å². The summed E-state index contributed by atoms with van der Waals surface area (Å²) in [5.74, 6) is 1.09. The van der Waals surface area contributed by atoms with Gasteiger partial charge in [0.15, 0.2) is 6.29 Å². The highest BCUT2D eigenvalue weighted by Crippen LogP contribution is 2.36. The van der Waals surface area contributed by atoms with Crippen LogP contribution in [-0.2, 0) is 6.42 Å². The number of hydrogen-bond donors (Lipinski definition) is 1. The van der Waals surface area contributed by atoms with Gasteiger partial charge in [0.2, 0.25) is 0 Å². The minimum Gasteiger partial charge on any atom is -0.362 e. The number of nitrogens with zero attached hydrogens (tertiary/aromatic N) is 2. The topological polar surface area (TPSA) is 54.9 Å². The molecule has 3 rings (SSSR count). The first-order chi connectivity index (χ1) is 9.69. The molecule has 0 aliphatic heterocycles. The highest BCUT2D eigenvalue weighted by atomic mass is 35.5. The van der Waals surface area contributed by atoms with Gasteiger partial charge in [0.1, 0.15) is 16.8 Å². The van der Waals surface area contributed by atoms with E-state index in [1.165, 1.54) is 10.4 Å². The molecule has 0 amide bonds. The number of carbonyl (C=O) groups is 1. The van der Waals surface area contributed by atoms with E-state index in [0.29, 0.717) is 23.5 Å². The average Bonchev–Trinajstić information content (AvgIpc) is 2.87. The van der Waals surface area contributed by atoms with Crippen LogP contribution in [0.4, 0.5) is 5.82 Å². The van der Waals surface area contributed by atoms with E-state index in [4.69, 9.17) is 11.6 Å². The normalized spacial score (nSPS) is 17.6. The van der Waals surface area contributed by atoms with Crippen molar-refractivity contribution in [2.75, 3.05) is 5.32 Å². The van der Waals surface area contributed by atoms with Crippen molar-refractivity contribution in [2.45, 2.75) is 32.2 Å². The number of aromatic nitrogens is 2. The second-order valence-corrected chi connectivity index (χ2v) is 6.19. The van der Waals surface area contributed by atoms with Gasteiger partial charge >= 0.3 is 0 Å². The number of aldehydes is 1. The van der Waals surface area contributed by atoms with Gasteiger partial charge in [-0.2, -0.15) is 0 Å². The zero-order valence-electron chi connectivity index (χ0n) is 11.0. The van der Waals surface area contributed by atoms with Gasteiger partial charge in [-0.25, -0.2) is 9.97 Å². The Labute approximate surface area is 126 Å². The summed E-state index contributed by atoms with van der Waals surface area (Å²) in [5, 5.41) is 5.68. The largest absolute Gasteiger partial charge is 0.362 e. The van der Waals surface area contributed by atoms with Crippen LogP contribution < -0.4 is 5.32 Å². The van der Waals surface area contributed by atoms with E-state index in [1.54, 1.807) is 18.3 Å². The lowest BCUT2D eigenvalue weighted by atomic mass is 9.94. The summed E-state index contributed by atoms with van der Waals surface area (Å²) in [6.07, 6.45) is 4.01. The Morgan fingerprint density at radius 3 is 3.15 bits per heavy atom. The van der Waals surface area contributed by atoms with E-state index < -0.39 is 0 Å². The van der Waals surface area contributed by atoms with Crippen molar-refractivity contribution in [1.82, 2.24) is 9.97 Å². The summed E-state index contributed by atoms with van der Waals surface area (Å²) in [6, 6.07) is 2.33. The van der Waals surface area contributed by atoms with Crippen LogP contribution in [0.2, 0.25) is 5.15 Å². The quantitative estimate of drug-likeness (QED) is 0.692. The second kappa shape index (κ2) is 5.50. The fourth-order valence-corrected chi connectivity index (χ4v) is 3.81. The highest BCUT2D eigenvalue weighted by Gasteiger charge is 2.23. The van der Waals surface area contributed by atoms with Gasteiger partial charge in [-0.3, -0.25) is 4.79 Å². The summed E-state index contributed by atoms with van der Waals surface area (Å²) in [4.78, 5) is 20.9. The van der Waals surface area contributed by atoms with Crippen molar-refractivity contribution in [3.63, 3.8) is 0 Å². The predicted octanol–water partition coefficient (Wildman–Crippen LogP) is 3.80. The number of aryl methyl sites for hydroxylation is 2. The molecule has 1 atom stereocenters. The van der Waals surface area contributed by atoms with Crippen molar-refractivity contribution in [1.29, 1.82) is 0 Å². The van der Waals surface area contributed by atoms with Gasteiger partial charge in [0.25, 0.3) is 0 Å². The molecule has 2 aromatic rings. The highest BCUT2D eigenvalue weighted by molar-refractivity contribution is 7.10. The van der Waals surface area contributed by atoms with E-state index >= 15 is 0 Å². The Morgan fingerprint density at radius 2 is 2.35 bits per heavy atom. The molecule has 0 fully saturated rings. The van der Waals surface area contributed by atoms with E-state index in [9.17, 15) is 4.79 Å². The van der Waals surface area contributed by atoms with Crippen LogP contribution in [0, 0.1) is 6.92 Å². The molecule has 1 unspecified atom stereocenters. The number of carbonyl (C=O) groups excluding carboxylic acids is 1. The number of anilines is 1. The third kappa shape index (κ3) is 2.43. The Balaban J connectivity index is 1.95. The van der Waals surface area contributed by atoms with E-state index in [2.05, 4.69) is 26.7 Å². The Morgan fingerprint density at radius 1 is 1.50 bits per heavy atom. The van der Waals surface area contributed by atoms with Crippen LogP contribution in [0.3, 0.4) is 0 Å². The molecule has 20 heavy (non-hydrogen) atoms. The van der Waals surface area contributed by atoms with Crippen molar-refractivity contribution < 1.29 is 4.79 Å². The van der Waals surface area contributed by atoms with E-state index in [0.717, 1.165) is 19.3 Å². The zero-order chi connectivity index (χ0) is 14.1. The summed E-state index contributed by atoms with van der Waals surface area (Å²) < 4.78 is 0. The number of fused-ring (bicyclic) bond motifs is 1. The molecule has 1 aliphatic rings. The van der Waals surface area contributed by atoms with Gasteiger partial charge in [-0.05, 0) is 43.2 Å². The third-order valence-corrected chi connectivity index (χ3v) is 4.78. The second-order valence-electron chi connectivity index (χ2n) is 4.83. The zero-order valence-corrected chi connectivity index (χ0v) is 12.6. The molecule has 0 bridgehead atoms. The molecule has 1 N–H and O–H groups in total. The number of nitrogens with one attached hydrogen (secondary N) is 1. The van der Waals surface area contributed by atoms with Crippen LogP contribution >= 0.6 is 22.9 Å². The number of halogens is 1. The minimum atomic E-state index is 0.189. The maximum absolute atomic E-state index is 11.2. The average molecular weight is 308 g/mol. The van der Waals surface area contributed by atoms with Crippen molar-refractivity contribution in [3.05, 3.63) is 38.4 Å².